The van der Waals surface area contributed by atoms with E-state index >= 15 is 0 Å². The molecule has 0 aliphatic carbocycles. The van der Waals surface area contributed by atoms with Crippen LogP contribution in [0.3, 0.4) is 0 Å². The lowest BCUT2D eigenvalue weighted by molar-refractivity contribution is 0.327. The van der Waals surface area contributed by atoms with Crippen molar-refractivity contribution in [3.05, 3.63) is 30.1 Å². The van der Waals surface area contributed by atoms with Crippen molar-refractivity contribution in [1.82, 2.24) is 9.88 Å². The lowest BCUT2D eigenvalue weighted by atomic mass is 10.2. The number of likely N-dealkylation sites (N-methyl/N-ethyl adjacent to an activating group) is 1. The van der Waals surface area contributed by atoms with Gasteiger partial charge in [0.1, 0.15) is 0 Å². The van der Waals surface area contributed by atoms with E-state index in [1.807, 2.05) is 12.1 Å². The summed E-state index contributed by atoms with van der Waals surface area (Å²) >= 11 is 0. The second-order valence-electron chi connectivity index (χ2n) is 3.13. The largest absolute Gasteiger partial charge is 0.291 e. The maximum atomic E-state index is 8.56. The highest BCUT2D eigenvalue weighted by Gasteiger charge is 2.00. The number of pyridine rings is 1. The summed E-state index contributed by atoms with van der Waals surface area (Å²) in [5.74, 6) is 0. The van der Waals surface area contributed by atoms with Crippen molar-refractivity contribution < 1.29 is 0 Å². The fraction of sp³-hybridized carbons (Fsp3) is 0.455. The Bertz CT molecular complexity index is 289. The zero-order chi connectivity index (χ0) is 10.2. The van der Waals surface area contributed by atoms with Crippen molar-refractivity contribution in [2.24, 2.45) is 0 Å². The summed E-state index contributed by atoms with van der Waals surface area (Å²) in [7, 11) is 0. The molecule has 0 atom stereocenters. The van der Waals surface area contributed by atoms with Crippen LogP contribution in [0, 0.1) is 11.3 Å². The molecule has 0 amide bonds. The maximum Gasteiger partial charge on any atom is 0.0866 e. The summed E-state index contributed by atoms with van der Waals surface area (Å²) < 4.78 is 0. The Hall–Kier alpha value is -1.40. The van der Waals surface area contributed by atoms with Gasteiger partial charge in [0.05, 0.1) is 12.6 Å². The zero-order valence-electron chi connectivity index (χ0n) is 8.48. The quantitative estimate of drug-likeness (QED) is 0.658. The molecule has 3 heteroatoms. The molecule has 0 saturated heterocycles. The summed E-state index contributed by atoms with van der Waals surface area (Å²) in [6.45, 7) is 4.46. The predicted octanol–water partition coefficient (Wildman–Crippen LogP) is 1.47. The standard InChI is InChI=1S/C11H15N3/c1-2-14(10-6-12)9-5-11-3-7-13-8-4-11/h3-4,7-8H,2,5,9-10H2,1H3. The van der Waals surface area contributed by atoms with Gasteiger partial charge in [-0.1, -0.05) is 6.92 Å². The summed E-state index contributed by atoms with van der Waals surface area (Å²) in [4.78, 5) is 6.09. The normalized spacial score (nSPS) is 10.1. The van der Waals surface area contributed by atoms with Crippen molar-refractivity contribution in [3.8, 4) is 6.07 Å². The van der Waals surface area contributed by atoms with Crippen LogP contribution < -0.4 is 0 Å². The van der Waals surface area contributed by atoms with Gasteiger partial charge in [-0.25, -0.2) is 0 Å². The smallest absolute Gasteiger partial charge is 0.0866 e. The molecule has 3 nitrogen and oxygen atoms in total. The first-order valence-electron chi connectivity index (χ1n) is 4.85. The van der Waals surface area contributed by atoms with Gasteiger partial charge in [-0.05, 0) is 30.7 Å². The molecule has 0 bridgehead atoms. The molecular formula is C11H15N3. The third kappa shape index (κ3) is 3.55. The summed E-state index contributed by atoms with van der Waals surface area (Å²) in [5, 5.41) is 8.56. The molecule has 0 fully saturated rings. The Kier molecular flexibility index (Phi) is 4.66. The Morgan fingerprint density at radius 3 is 2.71 bits per heavy atom. The molecule has 1 rings (SSSR count). The lowest BCUT2D eigenvalue weighted by Crippen LogP contribution is -2.26. The molecule has 0 radical (unpaired) electrons. The first-order chi connectivity index (χ1) is 6.86. The maximum absolute atomic E-state index is 8.56. The summed E-state index contributed by atoms with van der Waals surface area (Å²) in [5.41, 5.74) is 1.27. The van der Waals surface area contributed by atoms with E-state index < -0.39 is 0 Å². The lowest BCUT2D eigenvalue weighted by Gasteiger charge is -2.15. The van der Waals surface area contributed by atoms with E-state index in [2.05, 4.69) is 22.9 Å². The average molecular weight is 189 g/mol. The molecule has 14 heavy (non-hydrogen) atoms. The van der Waals surface area contributed by atoms with Crippen LogP contribution in [0.4, 0.5) is 0 Å². The molecule has 1 heterocycles. The SMILES string of the molecule is CCN(CC#N)CCc1ccncc1. The number of nitrogens with zero attached hydrogens (tertiary/aromatic N) is 3. The predicted molar refractivity (Wildman–Crippen MR) is 55.7 cm³/mol. The Balaban J connectivity index is 2.36. The van der Waals surface area contributed by atoms with Crippen LogP contribution in [-0.2, 0) is 6.42 Å². The number of rotatable bonds is 5. The van der Waals surface area contributed by atoms with E-state index in [4.69, 9.17) is 5.26 Å². The first kappa shape index (κ1) is 10.7. The van der Waals surface area contributed by atoms with Crippen LogP contribution in [0.5, 0.6) is 0 Å². The van der Waals surface area contributed by atoms with E-state index in [0.717, 1.165) is 19.5 Å². The summed E-state index contributed by atoms with van der Waals surface area (Å²) in [6.07, 6.45) is 4.59. The molecule has 0 aromatic carbocycles. The van der Waals surface area contributed by atoms with Gasteiger partial charge < -0.3 is 0 Å². The fourth-order valence-electron chi connectivity index (χ4n) is 1.29. The van der Waals surface area contributed by atoms with Gasteiger partial charge in [0.2, 0.25) is 0 Å². The van der Waals surface area contributed by atoms with E-state index in [9.17, 15) is 0 Å². The molecule has 1 aromatic rings. The van der Waals surface area contributed by atoms with E-state index in [0.29, 0.717) is 6.54 Å². The van der Waals surface area contributed by atoms with Gasteiger partial charge in [-0.15, -0.1) is 0 Å². The highest BCUT2D eigenvalue weighted by atomic mass is 15.1. The third-order valence-electron chi connectivity index (χ3n) is 2.21. The van der Waals surface area contributed by atoms with Crippen LogP contribution in [0.25, 0.3) is 0 Å². The topological polar surface area (TPSA) is 39.9 Å². The van der Waals surface area contributed by atoms with Gasteiger partial charge >= 0.3 is 0 Å². The average Bonchev–Trinajstić information content (AvgIpc) is 2.25. The Labute approximate surface area is 85.0 Å². The highest BCUT2D eigenvalue weighted by molar-refractivity contribution is 5.09. The molecular weight excluding hydrogens is 174 g/mol. The first-order valence-corrected chi connectivity index (χ1v) is 4.85. The number of hydrogen-bond donors (Lipinski definition) is 0. The number of nitriles is 1. The highest BCUT2D eigenvalue weighted by Crippen LogP contribution is 1.99. The van der Waals surface area contributed by atoms with Crippen molar-refractivity contribution in [1.29, 1.82) is 5.26 Å². The van der Waals surface area contributed by atoms with E-state index in [1.54, 1.807) is 12.4 Å². The van der Waals surface area contributed by atoms with Gasteiger partial charge in [0.15, 0.2) is 0 Å². The van der Waals surface area contributed by atoms with Gasteiger partial charge in [-0.2, -0.15) is 5.26 Å². The molecule has 0 unspecified atom stereocenters. The minimum Gasteiger partial charge on any atom is -0.291 e. The van der Waals surface area contributed by atoms with Crippen LogP contribution in [0.1, 0.15) is 12.5 Å². The molecule has 74 valence electrons. The van der Waals surface area contributed by atoms with Gasteiger partial charge in [0, 0.05) is 18.9 Å². The number of hydrogen-bond acceptors (Lipinski definition) is 3. The minimum atomic E-state index is 0.515. The monoisotopic (exact) mass is 189 g/mol. The van der Waals surface area contributed by atoms with Crippen LogP contribution in [0.2, 0.25) is 0 Å². The van der Waals surface area contributed by atoms with Crippen molar-refractivity contribution >= 4 is 0 Å². The number of aromatic nitrogens is 1. The van der Waals surface area contributed by atoms with Gasteiger partial charge in [0.25, 0.3) is 0 Å². The van der Waals surface area contributed by atoms with E-state index in [-0.39, 0.29) is 0 Å². The molecule has 1 aromatic heterocycles. The van der Waals surface area contributed by atoms with E-state index in [1.165, 1.54) is 5.56 Å². The zero-order valence-corrected chi connectivity index (χ0v) is 8.48. The third-order valence-corrected chi connectivity index (χ3v) is 2.21. The summed E-state index contributed by atoms with van der Waals surface area (Å²) in [6, 6.07) is 6.20. The minimum absolute atomic E-state index is 0.515. The molecule has 0 aliphatic rings. The van der Waals surface area contributed by atoms with Crippen LogP contribution >= 0.6 is 0 Å². The molecule has 0 saturated carbocycles. The second kappa shape index (κ2) is 6.11. The molecule has 0 N–H and O–H groups in total. The van der Waals surface area contributed by atoms with Crippen LogP contribution in [-0.4, -0.2) is 29.5 Å². The molecule has 0 spiro atoms. The molecule has 0 aliphatic heterocycles. The fourth-order valence-corrected chi connectivity index (χ4v) is 1.29. The Morgan fingerprint density at radius 1 is 1.43 bits per heavy atom. The second-order valence-corrected chi connectivity index (χ2v) is 3.13. The van der Waals surface area contributed by atoms with Crippen molar-refractivity contribution in [3.63, 3.8) is 0 Å². The Morgan fingerprint density at radius 2 is 2.14 bits per heavy atom. The van der Waals surface area contributed by atoms with Gasteiger partial charge in [-0.3, -0.25) is 9.88 Å². The van der Waals surface area contributed by atoms with Crippen molar-refractivity contribution in [2.75, 3.05) is 19.6 Å². The van der Waals surface area contributed by atoms with Crippen molar-refractivity contribution in [2.45, 2.75) is 13.3 Å². The van der Waals surface area contributed by atoms with Crippen LogP contribution in [0.15, 0.2) is 24.5 Å².